The molecule has 0 aliphatic carbocycles. The molecule has 0 radical (unpaired) electrons. The van der Waals surface area contributed by atoms with Gasteiger partial charge in [-0.2, -0.15) is 0 Å². The van der Waals surface area contributed by atoms with Gasteiger partial charge in [-0.25, -0.2) is 9.97 Å². The first-order valence-corrected chi connectivity index (χ1v) is 8.09. The van der Waals surface area contributed by atoms with Gasteiger partial charge in [0, 0.05) is 30.4 Å². The molecule has 5 nitrogen and oxygen atoms in total. The van der Waals surface area contributed by atoms with Gasteiger partial charge in [-0.3, -0.25) is 4.79 Å². The number of ketones is 1. The Kier molecular flexibility index (Phi) is 6.09. The highest BCUT2D eigenvalue weighted by atomic mass is 16.1. The molecule has 1 aromatic carbocycles. The maximum atomic E-state index is 11.5. The summed E-state index contributed by atoms with van der Waals surface area (Å²) in [7, 11) is 0. The second kappa shape index (κ2) is 8.27. The smallest absolute Gasteiger partial charge is 0.159 e. The van der Waals surface area contributed by atoms with Gasteiger partial charge in [0.2, 0.25) is 0 Å². The van der Waals surface area contributed by atoms with Crippen LogP contribution in [0.25, 0.3) is 0 Å². The Bertz CT molecular complexity index is 651. The monoisotopic (exact) mass is 312 g/mol. The van der Waals surface area contributed by atoms with Crippen molar-refractivity contribution in [3.05, 3.63) is 42.2 Å². The molecule has 2 rings (SSSR count). The molecule has 0 saturated carbocycles. The van der Waals surface area contributed by atoms with Crippen LogP contribution >= 0.6 is 0 Å². The molecule has 0 saturated heterocycles. The zero-order valence-electron chi connectivity index (χ0n) is 14.0. The zero-order chi connectivity index (χ0) is 16.7. The zero-order valence-corrected chi connectivity index (χ0v) is 14.0. The average molecular weight is 312 g/mol. The molecule has 0 spiro atoms. The van der Waals surface area contributed by atoms with E-state index in [2.05, 4.69) is 34.0 Å². The Labute approximate surface area is 137 Å². The Hall–Kier alpha value is -2.43. The molecule has 0 aliphatic heterocycles. The van der Waals surface area contributed by atoms with E-state index in [1.54, 1.807) is 13.3 Å². The predicted molar refractivity (Wildman–Crippen MR) is 94.6 cm³/mol. The van der Waals surface area contributed by atoms with E-state index in [4.69, 9.17) is 0 Å². The number of aromatic nitrogens is 2. The largest absolute Gasteiger partial charge is 0.356 e. The molecular weight excluding hydrogens is 288 g/mol. The van der Waals surface area contributed by atoms with Crippen molar-refractivity contribution < 1.29 is 4.79 Å². The summed E-state index contributed by atoms with van der Waals surface area (Å²) in [6.45, 7) is 7.84. The Morgan fingerprint density at radius 1 is 1.13 bits per heavy atom. The highest BCUT2D eigenvalue weighted by molar-refractivity contribution is 5.95. The molecule has 0 unspecified atom stereocenters. The second-order valence-electron chi connectivity index (χ2n) is 5.51. The number of anilines is 3. The number of Topliss-reactive ketones (excluding diaryl/α,β-unsaturated/α-hetero) is 1. The number of benzene rings is 1. The summed E-state index contributed by atoms with van der Waals surface area (Å²) in [5.74, 6) is 1.70. The van der Waals surface area contributed by atoms with Crippen LogP contribution in [0.15, 0.2) is 36.7 Å². The topological polar surface area (TPSA) is 58.1 Å². The van der Waals surface area contributed by atoms with Crippen molar-refractivity contribution in [1.29, 1.82) is 0 Å². The number of nitrogens with zero attached hydrogens (tertiary/aromatic N) is 3. The molecule has 5 heteroatoms. The van der Waals surface area contributed by atoms with Gasteiger partial charge < -0.3 is 10.2 Å². The fourth-order valence-corrected chi connectivity index (χ4v) is 2.43. The van der Waals surface area contributed by atoms with Crippen molar-refractivity contribution in [3.8, 4) is 0 Å². The van der Waals surface area contributed by atoms with Crippen LogP contribution in [-0.4, -0.2) is 28.8 Å². The third-order valence-corrected chi connectivity index (χ3v) is 3.51. The molecule has 0 amide bonds. The first-order valence-electron chi connectivity index (χ1n) is 8.09. The Morgan fingerprint density at radius 3 is 2.52 bits per heavy atom. The van der Waals surface area contributed by atoms with Gasteiger partial charge in [0.25, 0.3) is 0 Å². The first-order chi connectivity index (χ1) is 11.1. The minimum absolute atomic E-state index is 0.0501. The molecule has 0 fully saturated rings. The van der Waals surface area contributed by atoms with Gasteiger partial charge in [0.05, 0.1) is 0 Å². The molecule has 122 valence electrons. The van der Waals surface area contributed by atoms with Crippen molar-refractivity contribution in [3.63, 3.8) is 0 Å². The summed E-state index contributed by atoms with van der Waals surface area (Å²) < 4.78 is 0. The molecular formula is C18H24N4O. The highest BCUT2D eigenvalue weighted by Crippen LogP contribution is 2.20. The lowest BCUT2D eigenvalue weighted by atomic mass is 10.1. The number of nitrogens with one attached hydrogen (secondary N) is 1. The maximum absolute atomic E-state index is 11.5. The van der Waals surface area contributed by atoms with Gasteiger partial charge in [0.1, 0.15) is 18.0 Å². The van der Waals surface area contributed by atoms with E-state index in [0.717, 1.165) is 43.3 Å². The van der Waals surface area contributed by atoms with Crippen LogP contribution in [0, 0.1) is 0 Å². The molecule has 1 heterocycles. The van der Waals surface area contributed by atoms with E-state index in [1.165, 1.54) is 0 Å². The van der Waals surface area contributed by atoms with E-state index in [0.29, 0.717) is 5.56 Å². The van der Waals surface area contributed by atoms with Crippen LogP contribution in [0.4, 0.5) is 17.3 Å². The van der Waals surface area contributed by atoms with Crippen molar-refractivity contribution in [2.24, 2.45) is 0 Å². The van der Waals surface area contributed by atoms with Crippen molar-refractivity contribution in [2.45, 2.75) is 33.6 Å². The fraction of sp³-hybridized carbons (Fsp3) is 0.389. The minimum atomic E-state index is 0.0501. The normalized spacial score (nSPS) is 10.4. The number of hydrogen-bond donors (Lipinski definition) is 1. The fourth-order valence-electron chi connectivity index (χ4n) is 2.43. The molecule has 0 bridgehead atoms. The van der Waals surface area contributed by atoms with Crippen LogP contribution in [-0.2, 0) is 0 Å². The first kappa shape index (κ1) is 16.9. The van der Waals surface area contributed by atoms with Crippen molar-refractivity contribution in [1.82, 2.24) is 9.97 Å². The second-order valence-corrected chi connectivity index (χ2v) is 5.51. The van der Waals surface area contributed by atoms with Gasteiger partial charge in [0.15, 0.2) is 5.78 Å². The van der Waals surface area contributed by atoms with E-state index >= 15 is 0 Å². The van der Waals surface area contributed by atoms with E-state index in [1.807, 2.05) is 30.3 Å². The lowest BCUT2D eigenvalue weighted by Gasteiger charge is -2.22. The molecule has 1 N–H and O–H groups in total. The molecule has 2 aromatic rings. The van der Waals surface area contributed by atoms with E-state index in [9.17, 15) is 4.79 Å². The summed E-state index contributed by atoms with van der Waals surface area (Å²) in [4.78, 5) is 22.4. The summed E-state index contributed by atoms with van der Waals surface area (Å²) in [6, 6.07) is 9.38. The standard InChI is InChI=1S/C18H24N4O/c1-4-9-22(10-5-2)18-12-17(19-13-20-18)21-16-8-6-7-15(11-16)14(3)23/h6-8,11-13H,4-5,9-10H2,1-3H3,(H,19,20,21). The summed E-state index contributed by atoms with van der Waals surface area (Å²) >= 11 is 0. The summed E-state index contributed by atoms with van der Waals surface area (Å²) in [5.41, 5.74) is 1.53. The molecule has 0 aliphatic rings. The minimum Gasteiger partial charge on any atom is -0.356 e. The number of hydrogen-bond acceptors (Lipinski definition) is 5. The van der Waals surface area contributed by atoms with Gasteiger partial charge in [-0.15, -0.1) is 0 Å². The quantitative estimate of drug-likeness (QED) is 0.745. The van der Waals surface area contributed by atoms with Crippen molar-refractivity contribution in [2.75, 3.05) is 23.3 Å². The maximum Gasteiger partial charge on any atom is 0.159 e. The van der Waals surface area contributed by atoms with E-state index < -0.39 is 0 Å². The van der Waals surface area contributed by atoms with E-state index in [-0.39, 0.29) is 5.78 Å². The van der Waals surface area contributed by atoms with Crippen molar-refractivity contribution >= 4 is 23.1 Å². The van der Waals surface area contributed by atoms with Gasteiger partial charge in [-0.05, 0) is 31.9 Å². The summed E-state index contributed by atoms with van der Waals surface area (Å²) in [5, 5.41) is 3.25. The lowest BCUT2D eigenvalue weighted by molar-refractivity contribution is 0.101. The average Bonchev–Trinajstić information content (AvgIpc) is 2.55. The van der Waals surface area contributed by atoms with Crippen LogP contribution in [0.5, 0.6) is 0 Å². The molecule has 23 heavy (non-hydrogen) atoms. The Morgan fingerprint density at radius 2 is 1.87 bits per heavy atom. The third-order valence-electron chi connectivity index (χ3n) is 3.51. The predicted octanol–water partition coefficient (Wildman–Crippen LogP) is 4.05. The molecule has 0 atom stereocenters. The van der Waals surface area contributed by atoms with Crippen LogP contribution in [0.1, 0.15) is 44.0 Å². The van der Waals surface area contributed by atoms with Crippen LogP contribution < -0.4 is 10.2 Å². The lowest BCUT2D eigenvalue weighted by Crippen LogP contribution is -2.25. The summed E-state index contributed by atoms with van der Waals surface area (Å²) in [6.07, 6.45) is 3.73. The van der Waals surface area contributed by atoms with Gasteiger partial charge >= 0.3 is 0 Å². The molecule has 1 aromatic heterocycles. The third kappa shape index (κ3) is 4.77. The van der Waals surface area contributed by atoms with Crippen LogP contribution in [0.3, 0.4) is 0 Å². The number of carbonyl (C=O) groups is 1. The SMILES string of the molecule is CCCN(CCC)c1cc(Nc2cccc(C(C)=O)c2)ncn1. The highest BCUT2D eigenvalue weighted by Gasteiger charge is 2.08. The van der Waals surface area contributed by atoms with Crippen LogP contribution in [0.2, 0.25) is 0 Å². The Balaban J connectivity index is 2.19. The number of carbonyl (C=O) groups excluding carboxylic acids is 1. The number of rotatable bonds is 8. The van der Waals surface area contributed by atoms with Gasteiger partial charge in [-0.1, -0.05) is 26.0 Å².